The minimum absolute atomic E-state index is 0.000966. The number of phenols is 1. The lowest BCUT2D eigenvalue weighted by Crippen LogP contribution is -2.34. The molecular weight excluding hydrogens is 3080 g/mol. The number of hydrogen-bond acceptors (Lipinski definition) is 23. The van der Waals surface area contributed by atoms with Crippen LogP contribution in [0.1, 0.15) is 0 Å². The Morgan fingerprint density at radius 2 is 0.415 bits per heavy atom. The first-order valence-electron chi connectivity index (χ1n) is 29.2. The SMILES string of the molecule is O=S(=O)(OS(=O)(=O)C(F)(F)F)C(F)(F)F.O=c1c2ccccc2c(=O)c2c1sc1c(=O)c3ccc(O)cc3c(=O)c12.O=c1c2ccccc2c(=O)c2c1sc1c(=O)c3ccc(OS(=O)(=O)C(F)(F)F)cc3c(=O)c12.S=S=S=S=S=S=S=S=S=S=S=S=S=S=S=S=S=S=S=S=S=S=S=S=S=S=S=S.S=S=S=S=S=S=S=S=S=S=S=S=S=S=S=S=S=S=S=S=S=S=S=S=S=S=S=S=S=S=S=S=S. The third kappa shape index (κ3) is 45.1. The lowest BCUT2D eigenvalue weighted by molar-refractivity contribution is -0.0586. The number of benzene rings is 8. The normalized spacial score (nSPS) is 10.6. The Morgan fingerprint density at radius 1 is 0.237 bits per heavy atom. The van der Waals surface area contributed by atoms with Crippen molar-refractivity contribution in [3.05, 3.63) is 167 Å². The average molecular weight is 3090 g/mol. The van der Waals surface area contributed by atoms with Gasteiger partial charge < -0.3 is 9.29 Å². The number of phenolic OH excluding ortho intramolecular Hbond substituents is 1. The largest absolute Gasteiger partial charge is 0.534 e. The number of halogens is 9. The fraction of sp³-hybridized carbons (Fsp3) is 0.0698. The standard InChI is InChI=1S/C21H7F3O7S2.C20H8O5S.C2F6O5S2.S33.S28/c22-21(23,24)33(29,30)31-8-5-6-11-12(7-8)16(26)14-13-15(25)9-3-1-2-4-10(9)17(27)19(13)32-20(14)18(11)28;21-8-5-6-11-12(7-8)16(23)14-13-15(22)9-3-1-2-4-10(9)17(24)19(13)26-20(14)18(11)25;3-1(4,5)14(9,10)13-15(11,12)2(6,7)8;1-3-5-7-9-11-13-15-17-19-21-23-25-27-29-31-33-32-30-28-26-24-22-20-18-16-14-12-10-8-6-4-2;1-3-5-7-9-11-13-15-17-19-21-23-25-27-28-26-24-22-20-18-16-14-12-10-8-6-4-2/h1-7H;1-7,21H;;;. The van der Waals surface area contributed by atoms with Crippen molar-refractivity contribution in [2.24, 2.45) is 0 Å². The van der Waals surface area contributed by atoms with Crippen LogP contribution in [0, 0.1) is 0 Å². The van der Waals surface area contributed by atoms with E-state index in [4.69, 9.17) is 44.8 Å². The molecule has 0 bridgehead atoms. The molecule has 0 aliphatic rings. The van der Waals surface area contributed by atoms with Crippen molar-refractivity contribution in [1.82, 2.24) is 0 Å². The number of fused-ring (bicyclic) bond motifs is 10. The van der Waals surface area contributed by atoms with E-state index in [1.165, 1.54) is 78.0 Å². The molecule has 0 unspecified atom stereocenters. The minimum atomic E-state index is -6.85. The van der Waals surface area contributed by atoms with Gasteiger partial charge in [-0.2, -0.15) is 64.8 Å². The minimum Gasteiger partial charge on any atom is -0.508 e. The zero-order valence-electron chi connectivity index (χ0n) is 59.9. The summed E-state index contributed by atoms with van der Waals surface area (Å²) in [6.07, 6.45) is 0. The average Bonchev–Trinajstić information content (AvgIpc) is 1.57. The molecule has 1 N–H and O–H groups in total. The molecule has 0 atom stereocenters. The fourth-order valence-electron chi connectivity index (χ4n) is 8.00. The third-order valence-corrected chi connectivity index (χ3v) is 140. The van der Waals surface area contributed by atoms with Gasteiger partial charge in [-0.15, -0.1) is 26.3 Å². The Hall–Kier alpha value is 5.84. The Balaban J connectivity index is 0.000000264. The van der Waals surface area contributed by atoms with Gasteiger partial charge in [0.1, 0.15) is 11.5 Å². The summed E-state index contributed by atoms with van der Waals surface area (Å²) in [7, 11) is 80.3. The molecule has 17 nitrogen and oxygen atoms in total. The Morgan fingerprint density at radius 3 is 0.622 bits per heavy atom. The second-order valence-electron chi connectivity index (χ2n) is 18.9. The van der Waals surface area contributed by atoms with Crippen LogP contribution < -0.4 is 47.6 Å². The predicted octanol–water partition coefficient (Wildman–Crippen LogP) is 5.84. The van der Waals surface area contributed by atoms with Crippen molar-refractivity contribution in [2.75, 3.05) is 0 Å². The summed E-state index contributed by atoms with van der Waals surface area (Å²) >= 11 is 20.7. The Labute approximate surface area is 939 Å². The molecule has 0 radical (unpaired) electrons. The van der Waals surface area contributed by atoms with Crippen molar-refractivity contribution in [2.45, 2.75) is 16.5 Å². The van der Waals surface area contributed by atoms with Gasteiger partial charge in [-0.25, -0.2) is 0 Å². The molecule has 0 spiro atoms. The summed E-state index contributed by atoms with van der Waals surface area (Å²) in [6.45, 7) is 0. The van der Waals surface area contributed by atoms with Crippen LogP contribution in [0.4, 0.5) is 39.5 Å². The second-order valence-corrected chi connectivity index (χ2v) is 127. The summed E-state index contributed by atoms with van der Waals surface area (Å²) in [5.74, 6) is -0.988. The molecule has 10 rings (SSSR count). The molecular formula is C43H15F9O17S66. The topological polar surface area (TPSA) is 278 Å². The molecule has 0 aliphatic carbocycles. The smallest absolute Gasteiger partial charge is 0.508 e. The summed E-state index contributed by atoms with van der Waals surface area (Å²) in [5, 5.41) is 9.28. The number of thiophene rings is 2. The van der Waals surface area contributed by atoms with Crippen molar-refractivity contribution >= 4 is 687 Å². The number of aromatic hydroxyl groups is 1. The summed E-state index contributed by atoms with van der Waals surface area (Å²) < 4.78 is 175. The quantitative estimate of drug-likeness (QED) is 0.123. The molecule has 0 saturated heterocycles. The summed E-state index contributed by atoms with van der Waals surface area (Å²) in [6, 6.07) is 18.7. The highest BCUT2D eigenvalue weighted by molar-refractivity contribution is 8.83. The van der Waals surface area contributed by atoms with E-state index in [1.807, 2.05) is 243 Å². The summed E-state index contributed by atoms with van der Waals surface area (Å²) in [4.78, 5) is 104. The first-order chi connectivity index (χ1) is 64.4. The third-order valence-electron chi connectivity index (χ3n) is 12.1. The van der Waals surface area contributed by atoms with Gasteiger partial charge in [0, 0.05) is 594 Å². The zero-order chi connectivity index (χ0) is 99.0. The molecule has 0 saturated carbocycles. The van der Waals surface area contributed by atoms with Gasteiger partial charge in [0.2, 0.25) is 21.7 Å². The highest BCUT2D eigenvalue weighted by atomic mass is 33.5. The van der Waals surface area contributed by atoms with E-state index >= 15 is 0 Å². The van der Waals surface area contributed by atoms with Crippen molar-refractivity contribution in [1.29, 1.82) is 0 Å². The summed E-state index contributed by atoms with van der Waals surface area (Å²) in [5.41, 5.74) is -22.8. The van der Waals surface area contributed by atoms with E-state index in [0.29, 0.717) is 17.4 Å². The maximum absolute atomic E-state index is 13.2. The number of hydrogen-bond donors (Lipinski definition) is 1. The number of alkyl halides is 9. The van der Waals surface area contributed by atoms with E-state index in [9.17, 15) is 108 Å². The van der Waals surface area contributed by atoms with Crippen LogP contribution in [0.2, 0.25) is 0 Å². The van der Waals surface area contributed by atoms with Crippen LogP contribution >= 0.6 is 22.7 Å². The number of rotatable bonds is 4. The highest BCUT2D eigenvalue weighted by Gasteiger charge is 2.57. The van der Waals surface area contributed by atoms with Crippen LogP contribution in [0.3, 0.4) is 0 Å². The maximum Gasteiger partial charge on any atom is 0.534 e. The van der Waals surface area contributed by atoms with Crippen LogP contribution in [-0.4, -0.2) is 46.9 Å². The molecule has 2 heterocycles. The van der Waals surface area contributed by atoms with Gasteiger partial charge in [0.15, 0.2) is 21.7 Å². The molecule has 0 aliphatic heterocycles. The van der Waals surface area contributed by atoms with Gasteiger partial charge in [-0.05, 0) is 36.4 Å². The van der Waals surface area contributed by atoms with Crippen LogP contribution in [-0.2, 0) is 585 Å². The predicted molar refractivity (Wildman–Crippen MR) is 701 cm³/mol. The van der Waals surface area contributed by atoms with Crippen LogP contribution in [0.15, 0.2) is 123 Å². The molecule has 0 amide bonds. The first-order valence-corrected chi connectivity index (χ1v) is 114. The Bertz CT molecular complexity index is 10100. The van der Waals surface area contributed by atoms with E-state index < -0.39 is 96.0 Å². The molecule has 8 aromatic carbocycles. The molecule has 0 fully saturated rings. The molecule has 2 aromatic heterocycles. The van der Waals surface area contributed by atoms with Crippen LogP contribution in [0.25, 0.3) is 83.4 Å². The molecule has 92 heteroatoms. The van der Waals surface area contributed by atoms with Gasteiger partial charge in [0.25, 0.3) is 0 Å². The monoisotopic (exact) mass is 3080 g/mol. The Kier molecular flexibility index (Phi) is 68.1. The molecule has 748 valence electrons. The lowest BCUT2D eigenvalue weighted by Gasteiger charge is -2.09. The maximum atomic E-state index is 13.2. The first kappa shape index (κ1) is 129. The van der Waals surface area contributed by atoms with E-state index in [-0.39, 0.29) is 89.2 Å². The molecule has 10 aromatic rings. The highest BCUT2D eigenvalue weighted by Crippen LogP contribution is 2.35. The van der Waals surface area contributed by atoms with E-state index in [0.717, 1.165) is 23.5 Å². The van der Waals surface area contributed by atoms with Gasteiger partial charge in [-0.3, -0.25) is 38.4 Å². The van der Waals surface area contributed by atoms with Crippen LogP contribution in [0.5, 0.6) is 11.5 Å². The van der Waals surface area contributed by atoms with Gasteiger partial charge in [-0.1, -0.05) is 48.5 Å². The van der Waals surface area contributed by atoms with Crippen molar-refractivity contribution in [3.63, 3.8) is 0 Å². The van der Waals surface area contributed by atoms with E-state index in [2.05, 4.69) is 4.18 Å². The van der Waals surface area contributed by atoms with Crippen molar-refractivity contribution in [3.8, 4) is 11.5 Å². The van der Waals surface area contributed by atoms with Gasteiger partial charge >= 0.3 is 46.9 Å². The zero-order valence-corrected chi connectivity index (χ0v) is 114. The van der Waals surface area contributed by atoms with E-state index in [1.54, 1.807) is 255 Å². The second kappa shape index (κ2) is 71.0. The van der Waals surface area contributed by atoms with Gasteiger partial charge in [0.05, 0.1) is 40.3 Å². The fourth-order valence-corrected chi connectivity index (χ4v) is 158. The van der Waals surface area contributed by atoms with Crippen molar-refractivity contribution < 1.29 is 77.7 Å². The molecule has 135 heavy (non-hydrogen) atoms. The lowest BCUT2D eigenvalue weighted by atomic mass is 10.0.